The van der Waals surface area contributed by atoms with E-state index in [1.54, 1.807) is 12.3 Å². The second-order valence-corrected chi connectivity index (χ2v) is 5.20. The lowest BCUT2D eigenvalue weighted by molar-refractivity contribution is -0.0553. The molecule has 4 heteroatoms. The molecule has 0 aliphatic carbocycles. The van der Waals surface area contributed by atoms with Crippen LogP contribution in [0.25, 0.3) is 0 Å². The summed E-state index contributed by atoms with van der Waals surface area (Å²) < 4.78 is 5.68. The first-order valence-electron chi connectivity index (χ1n) is 5.57. The van der Waals surface area contributed by atoms with E-state index < -0.39 is 0 Å². The zero-order valence-electron chi connectivity index (χ0n) is 9.66. The summed E-state index contributed by atoms with van der Waals surface area (Å²) in [6.45, 7) is 5.06. The Kier molecular flexibility index (Phi) is 3.36. The Bertz CT molecular complexity index is 351. The van der Waals surface area contributed by atoms with E-state index in [0.717, 1.165) is 25.1 Å². The molecular formula is C12H17ClN2O. The lowest BCUT2D eigenvalue weighted by atomic mass is 9.94. The van der Waals surface area contributed by atoms with E-state index in [9.17, 15) is 0 Å². The van der Waals surface area contributed by atoms with Crippen molar-refractivity contribution < 1.29 is 4.74 Å². The quantitative estimate of drug-likeness (QED) is 0.807. The van der Waals surface area contributed by atoms with Crippen LogP contribution < -0.4 is 5.32 Å². The van der Waals surface area contributed by atoms with E-state index in [1.807, 2.05) is 6.07 Å². The van der Waals surface area contributed by atoms with Crippen molar-refractivity contribution in [2.45, 2.75) is 38.3 Å². The monoisotopic (exact) mass is 240 g/mol. The highest BCUT2D eigenvalue weighted by Crippen LogP contribution is 2.26. The fourth-order valence-electron chi connectivity index (χ4n) is 2.05. The SMILES string of the molecule is CC1(C)CC(Nc2ccc(Cl)nc2)CCO1. The van der Waals surface area contributed by atoms with Gasteiger partial charge in [-0.05, 0) is 38.8 Å². The lowest BCUT2D eigenvalue weighted by Crippen LogP contribution is -2.40. The van der Waals surface area contributed by atoms with Crippen LogP contribution in [-0.4, -0.2) is 23.2 Å². The van der Waals surface area contributed by atoms with Crippen LogP contribution in [0, 0.1) is 0 Å². The van der Waals surface area contributed by atoms with Crippen LogP contribution in [0.15, 0.2) is 18.3 Å². The van der Waals surface area contributed by atoms with Gasteiger partial charge in [-0.2, -0.15) is 0 Å². The van der Waals surface area contributed by atoms with E-state index in [-0.39, 0.29) is 5.60 Å². The zero-order valence-corrected chi connectivity index (χ0v) is 10.4. The molecule has 1 saturated heterocycles. The summed E-state index contributed by atoms with van der Waals surface area (Å²) in [5.41, 5.74) is 0.988. The number of pyridine rings is 1. The lowest BCUT2D eigenvalue weighted by Gasteiger charge is -2.36. The molecule has 2 heterocycles. The molecule has 1 aliphatic heterocycles. The number of nitrogens with zero attached hydrogens (tertiary/aromatic N) is 1. The molecule has 0 amide bonds. The number of anilines is 1. The molecular weight excluding hydrogens is 224 g/mol. The van der Waals surface area contributed by atoms with Gasteiger partial charge in [0.05, 0.1) is 17.5 Å². The van der Waals surface area contributed by atoms with Gasteiger partial charge in [-0.15, -0.1) is 0 Å². The van der Waals surface area contributed by atoms with Crippen LogP contribution in [0.1, 0.15) is 26.7 Å². The van der Waals surface area contributed by atoms with E-state index >= 15 is 0 Å². The summed E-state index contributed by atoms with van der Waals surface area (Å²) in [5.74, 6) is 0. The van der Waals surface area contributed by atoms with Crippen LogP contribution in [0.5, 0.6) is 0 Å². The van der Waals surface area contributed by atoms with Crippen molar-refractivity contribution in [2.24, 2.45) is 0 Å². The Labute approximate surface area is 101 Å². The molecule has 3 nitrogen and oxygen atoms in total. The molecule has 1 aromatic rings. The molecule has 0 aromatic carbocycles. The summed E-state index contributed by atoms with van der Waals surface area (Å²) in [4.78, 5) is 4.05. The Hall–Kier alpha value is -0.800. The Morgan fingerprint density at radius 1 is 1.50 bits per heavy atom. The number of nitrogens with one attached hydrogen (secondary N) is 1. The number of rotatable bonds is 2. The van der Waals surface area contributed by atoms with Crippen molar-refractivity contribution in [1.82, 2.24) is 4.98 Å². The van der Waals surface area contributed by atoms with E-state index in [4.69, 9.17) is 16.3 Å². The van der Waals surface area contributed by atoms with E-state index in [1.165, 1.54) is 0 Å². The van der Waals surface area contributed by atoms with Crippen LogP contribution in [0.3, 0.4) is 0 Å². The van der Waals surface area contributed by atoms with Gasteiger partial charge in [0.25, 0.3) is 0 Å². The fraction of sp³-hybridized carbons (Fsp3) is 0.583. The van der Waals surface area contributed by atoms with E-state index in [2.05, 4.69) is 24.1 Å². The first-order chi connectivity index (χ1) is 7.55. The number of ether oxygens (including phenoxy) is 1. The first-order valence-corrected chi connectivity index (χ1v) is 5.95. The van der Waals surface area contributed by atoms with Crippen LogP contribution in [-0.2, 0) is 4.74 Å². The standard InChI is InChI=1S/C12H17ClN2O/c1-12(2)7-9(5-6-16-12)15-10-3-4-11(13)14-8-10/h3-4,8-9,15H,5-7H2,1-2H3. The first kappa shape index (κ1) is 11.7. The maximum atomic E-state index is 5.74. The van der Waals surface area contributed by atoms with Crippen LogP contribution >= 0.6 is 11.6 Å². The van der Waals surface area contributed by atoms with Crippen molar-refractivity contribution in [1.29, 1.82) is 0 Å². The molecule has 0 radical (unpaired) electrons. The van der Waals surface area contributed by atoms with Gasteiger partial charge in [-0.25, -0.2) is 4.98 Å². The molecule has 1 aliphatic rings. The smallest absolute Gasteiger partial charge is 0.129 e. The molecule has 0 saturated carbocycles. The molecule has 88 valence electrons. The van der Waals surface area contributed by atoms with Crippen molar-refractivity contribution in [3.63, 3.8) is 0 Å². The number of hydrogen-bond acceptors (Lipinski definition) is 3. The summed E-state index contributed by atoms with van der Waals surface area (Å²) in [6, 6.07) is 4.21. The summed E-state index contributed by atoms with van der Waals surface area (Å²) in [7, 11) is 0. The maximum Gasteiger partial charge on any atom is 0.129 e. The minimum absolute atomic E-state index is 0.0320. The highest BCUT2D eigenvalue weighted by Gasteiger charge is 2.28. The molecule has 1 fully saturated rings. The van der Waals surface area contributed by atoms with Crippen molar-refractivity contribution in [2.75, 3.05) is 11.9 Å². The highest BCUT2D eigenvalue weighted by atomic mass is 35.5. The van der Waals surface area contributed by atoms with Gasteiger partial charge in [0, 0.05) is 12.6 Å². The van der Waals surface area contributed by atoms with Gasteiger partial charge >= 0.3 is 0 Å². The largest absolute Gasteiger partial charge is 0.381 e. The summed E-state index contributed by atoms with van der Waals surface area (Å²) in [6.07, 6.45) is 3.81. The predicted molar refractivity (Wildman–Crippen MR) is 65.9 cm³/mol. The third kappa shape index (κ3) is 3.09. The normalized spacial score (nSPS) is 24.1. The molecule has 1 atom stereocenters. The second kappa shape index (κ2) is 4.60. The molecule has 1 N–H and O–H groups in total. The maximum absolute atomic E-state index is 5.74. The van der Waals surface area contributed by atoms with Crippen molar-refractivity contribution >= 4 is 17.3 Å². The third-order valence-electron chi connectivity index (χ3n) is 2.80. The summed E-state index contributed by atoms with van der Waals surface area (Å²) >= 11 is 5.74. The van der Waals surface area contributed by atoms with Crippen molar-refractivity contribution in [3.8, 4) is 0 Å². The Balaban J connectivity index is 1.97. The Morgan fingerprint density at radius 2 is 2.31 bits per heavy atom. The average molecular weight is 241 g/mol. The molecule has 16 heavy (non-hydrogen) atoms. The number of hydrogen-bond donors (Lipinski definition) is 1. The van der Waals surface area contributed by atoms with Gasteiger partial charge < -0.3 is 10.1 Å². The third-order valence-corrected chi connectivity index (χ3v) is 3.02. The fourth-order valence-corrected chi connectivity index (χ4v) is 2.16. The average Bonchev–Trinajstić information content (AvgIpc) is 2.20. The zero-order chi connectivity index (χ0) is 11.6. The Morgan fingerprint density at radius 3 is 2.94 bits per heavy atom. The molecule has 1 unspecified atom stereocenters. The van der Waals surface area contributed by atoms with Gasteiger partial charge in [0.1, 0.15) is 5.15 Å². The molecule has 0 spiro atoms. The minimum Gasteiger partial charge on any atom is -0.381 e. The topological polar surface area (TPSA) is 34.2 Å². The van der Waals surface area contributed by atoms with Gasteiger partial charge in [-0.1, -0.05) is 11.6 Å². The highest BCUT2D eigenvalue weighted by molar-refractivity contribution is 6.29. The summed E-state index contributed by atoms with van der Waals surface area (Å²) in [5, 5.41) is 3.99. The molecule has 2 rings (SSSR count). The van der Waals surface area contributed by atoms with Gasteiger partial charge in [0.2, 0.25) is 0 Å². The van der Waals surface area contributed by atoms with Crippen LogP contribution in [0.4, 0.5) is 5.69 Å². The number of aromatic nitrogens is 1. The van der Waals surface area contributed by atoms with Crippen molar-refractivity contribution in [3.05, 3.63) is 23.5 Å². The van der Waals surface area contributed by atoms with E-state index in [0.29, 0.717) is 11.2 Å². The molecule has 0 bridgehead atoms. The van der Waals surface area contributed by atoms with Crippen LogP contribution in [0.2, 0.25) is 5.15 Å². The van der Waals surface area contributed by atoms with Gasteiger partial charge in [-0.3, -0.25) is 0 Å². The van der Waals surface area contributed by atoms with Gasteiger partial charge in [0.15, 0.2) is 0 Å². The second-order valence-electron chi connectivity index (χ2n) is 4.81. The number of halogens is 1. The predicted octanol–water partition coefficient (Wildman–Crippen LogP) is 3.10. The minimum atomic E-state index is -0.0320. The molecule has 1 aromatic heterocycles.